The molecule has 11 heteroatoms. The second-order valence-electron chi connectivity index (χ2n) is 9.85. The number of aromatic nitrogens is 3. The molecule has 0 saturated carbocycles. The third-order valence-corrected chi connectivity index (χ3v) is 6.98. The third kappa shape index (κ3) is 5.84. The fourth-order valence-corrected chi connectivity index (χ4v) is 4.84. The number of nitrogens with two attached hydrogens (primary N) is 1. The van der Waals surface area contributed by atoms with Gasteiger partial charge in [-0.1, -0.05) is 13.8 Å². The van der Waals surface area contributed by atoms with Crippen LogP contribution in [-0.2, 0) is 14.3 Å². The Bertz CT molecular complexity index is 1250. The molecular formula is C26H33N7O3S. The van der Waals surface area contributed by atoms with Gasteiger partial charge in [0.1, 0.15) is 18.2 Å². The summed E-state index contributed by atoms with van der Waals surface area (Å²) in [6.07, 6.45) is 4.73. The van der Waals surface area contributed by atoms with Gasteiger partial charge in [0.05, 0.1) is 18.8 Å². The molecule has 10 nitrogen and oxygen atoms in total. The van der Waals surface area contributed by atoms with E-state index < -0.39 is 12.0 Å². The van der Waals surface area contributed by atoms with Crippen molar-refractivity contribution in [3.8, 4) is 11.4 Å². The van der Waals surface area contributed by atoms with Gasteiger partial charge < -0.3 is 30.7 Å². The number of hydrogen-bond acceptors (Lipinski definition) is 8. The number of esters is 1. The van der Waals surface area contributed by atoms with E-state index in [2.05, 4.69) is 21.6 Å². The highest BCUT2D eigenvalue weighted by Gasteiger charge is 2.35. The number of nitrogens with zero attached hydrogens (tertiary/aromatic N) is 4. The van der Waals surface area contributed by atoms with Crippen LogP contribution in [0.25, 0.3) is 16.9 Å². The van der Waals surface area contributed by atoms with Crippen molar-refractivity contribution in [2.45, 2.75) is 44.9 Å². The molecular weight excluding hydrogens is 490 g/mol. The van der Waals surface area contributed by atoms with E-state index in [9.17, 15) is 4.79 Å². The first kappa shape index (κ1) is 25.4. The first-order valence-corrected chi connectivity index (χ1v) is 13.1. The highest BCUT2D eigenvalue weighted by atomic mass is 32.1. The van der Waals surface area contributed by atoms with Crippen molar-refractivity contribution in [3.63, 3.8) is 0 Å². The maximum Gasteiger partial charge on any atom is 0.323 e. The zero-order chi connectivity index (χ0) is 25.9. The largest absolute Gasteiger partial charge is 0.463 e. The molecule has 0 spiro atoms. The number of anilines is 2. The smallest absolute Gasteiger partial charge is 0.323 e. The summed E-state index contributed by atoms with van der Waals surface area (Å²) in [5.41, 5.74) is 8.52. The maximum absolute atomic E-state index is 11.8. The van der Waals surface area contributed by atoms with Crippen molar-refractivity contribution < 1.29 is 14.3 Å². The van der Waals surface area contributed by atoms with Crippen molar-refractivity contribution in [1.82, 2.24) is 19.9 Å². The van der Waals surface area contributed by atoms with Gasteiger partial charge in [0.15, 0.2) is 16.8 Å². The molecule has 2 fully saturated rings. The van der Waals surface area contributed by atoms with E-state index in [1.54, 1.807) is 0 Å². The Morgan fingerprint density at radius 2 is 1.95 bits per heavy atom. The molecule has 5 rings (SSSR count). The fraction of sp³-hybridized carbons (Fsp3) is 0.462. The first-order valence-electron chi connectivity index (χ1n) is 12.7. The van der Waals surface area contributed by atoms with E-state index in [4.69, 9.17) is 37.5 Å². The zero-order valence-electron chi connectivity index (χ0n) is 21.1. The summed E-state index contributed by atoms with van der Waals surface area (Å²) < 4.78 is 13.1. The van der Waals surface area contributed by atoms with E-state index in [0.29, 0.717) is 17.5 Å². The summed E-state index contributed by atoms with van der Waals surface area (Å²) in [6.45, 7) is 6.04. The second kappa shape index (κ2) is 11.0. The molecule has 0 amide bonds. The van der Waals surface area contributed by atoms with Crippen LogP contribution in [0.3, 0.4) is 0 Å². The van der Waals surface area contributed by atoms with E-state index in [1.165, 1.54) is 0 Å². The number of fused-ring (bicyclic) bond motifs is 3. The highest BCUT2D eigenvalue weighted by Crippen LogP contribution is 2.32. The van der Waals surface area contributed by atoms with Crippen LogP contribution >= 0.6 is 12.2 Å². The molecule has 2 bridgehead atoms. The topological polar surface area (TPSA) is 119 Å². The van der Waals surface area contributed by atoms with Crippen LogP contribution in [0.1, 0.15) is 26.7 Å². The van der Waals surface area contributed by atoms with E-state index in [1.807, 2.05) is 54.9 Å². The molecule has 4 heterocycles. The Morgan fingerprint density at radius 3 is 2.65 bits per heavy atom. The number of nitrogens with one attached hydrogen (secondary N) is 2. The van der Waals surface area contributed by atoms with Gasteiger partial charge in [-0.2, -0.15) is 0 Å². The quantitative estimate of drug-likeness (QED) is 0.231. The number of carbonyl (C=O) groups excluding carboxylic acids is 1. The maximum atomic E-state index is 11.8. The van der Waals surface area contributed by atoms with Gasteiger partial charge in [0.25, 0.3) is 0 Å². The van der Waals surface area contributed by atoms with Gasteiger partial charge in [-0.25, -0.2) is 9.50 Å². The minimum atomic E-state index is -0.620. The summed E-state index contributed by atoms with van der Waals surface area (Å²) in [7, 11) is 0. The highest BCUT2D eigenvalue weighted by molar-refractivity contribution is 7.80. The number of ether oxygens (including phenoxy) is 2. The van der Waals surface area contributed by atoms with Gasteiger partial charge in [-0.05, 0) is 67.4 Å². The van der Waals surface area contributed by atoms with Crippen molar-refractivity contribution in [3.05, 3.63) is 42.6 Å². The Hall–Kier alpha value is -3.28. The normalized spacial score (nSPS) is 19.7. The second-order valence-corrected chi connectivity index (χ2v) is 10.3. The average Bonchev–Trinajstić information content (AvgIpc) is 3.51. The SMILES string of the molecule is CC(C)[C@@H](N)C(=O)OCCNC(=S)Nc1ccc(-c2nc(N3C[C@H]4CC[C@@H](C3)O4)c3cccn3n2)cc1. The number of benzene rings is 1. The van der Waals surface area contributed by atoms with Crippen LogP contribution in [0.2, 0.25) is 0 Å². The predicted octanol–water partition coefficient (Wildman–Crippen LogP) is 2.58. The van der Waals surface area contributed by atoms with Crippen LogP contribution in [-0.4, -0.2) is 70.2 Å². The van der Waals surface area contributed by atoms with Crippen LogP contribution in [0.5, 0.6) is 0 Å². The first-order chi connectivity index (χ1) is 17.9. The number of rotatable bonds is 8. The van der Waals surface area contributed by atoms with Crippen molar-refractivity contribution in [2.75, 3.05) is 36.5 Å². The lowest BCUT2D eigenvalue weighted by Gasteiger charge is -2.33. The minimum Gasteiger partial charge on any atom is -0.463 e. The molecule has 2 aliphatic heterocycles. The molecule has 3 atom stereocenters. The standard InChI is InChI=1S/C26H33N7O3S/c1-16(2)22(27)25(34)35-13-11-28-26(37)29-18-7-5-17(6-8-18)23-30-24(21-4-3-12-33(21)31-23)32-14-19-9-10-20(15-32)36-19/h3-8,12,16,19-20,22H,9-11,13-15,27H2,1-2H3,(H2,28,29,37)/t19-,20+,22-/m1/s1. The number of morpholine rings is 1. The molecule has 1 aromatic carbocycles. The molecule has 2 aromatic heterocycles. The van der Waals surface area contributed by atoms with E-state index >= 15 is 0 Å². The van der Waals surface area contributed by atoms with E-state index in [0.717, 1.165) is 48.5 Å². The fourth-order valence-electron chi connectivity index (χ4n) is 4.62. The summed E-state index contributed by atoms with van der Waals surface area (Å²) >= 11 is 5.36. The van der Waals surface area contributed by atoms with Crippen LogP contribution in [0, 0.1) is 5.92 Å². The molecule has 37 heavy (non-hydrogen) atoms. The average molecular weight is 524 g/mol. The van der Waals surface area contributed by atoms with Crippen LogP contribution in [0.4, 0.5) is 11.5 Å². The monoisotopic (exact) mass is 523 g/mol. The Kier molecular flexibility index (Phi) is 7.54. The minimum absolute atomic E-state index is 0.0304. The molecule has 0 unspecified atom stereocenters. The zero-order valence-corrected chi connectivity index (χ0v) is 21.9. The summed E-state index contributed by atoms with van der Waals surface area (Å²) in [4.78, 5) is 19.1. The number of hydrogen-bond donors (Lipinski definition) is 3. The predicted molar refractivity (Wildman–Crippen MR) is 147 cm³/mol. The van der Waals surface area contributed by atoms with E-state index in [-0.39, 0.29) is 24.7 Å². The third-order valence-electron chi connectivity index (χ3n) is 6.74. The lowest BCUT2D eigenvalue weighted by molar-refractivity contribution is -0.146. The Morgan fingerprint density at radius 1 is 1.22 bits per heavy atom. The lowest BCUT2D eigenvalue weighted by atomic mass is 10.1. The van der Waals surface area contributed by atoms with Gasteiger partial charge in [0.2, 0.25) is 0 Å². The Labute approximate surface area is 221 Å². The molecule has 0 aliphatic carbocycles. The van der Waals surface area contributed by atoms with Gasteiger partial charge >= 0.3 is 5.97 Å². The van der Waals surface area contributed by atoms with Gasteiger partial charge in [0, 0.05) is 30.5 Å². The van der Waals surface area contributed by atoms with Crippen molar-refractivity contribution in [2.24, 2.45) is 11.7 Å². The summed E-state index contributed by atoms with van der Waals surface area (Å²) in [5, 5.41) is 11.3. The van der Waals surface area contributed by atoms with Gasteiger partial charge in [-0.3, -0.25) is 4.79 Å². The molecule has 4 N–H and O–H groups in total. The molecule has 3 aromatic rings. The van der Waals surface area contributed by atoms with Crippen LogP contribution in [0.15, 0.2) is 42.6 Å². The van der Waals surface area contributed by atoms with Gasteiger partial charge in [-0.15, -0.1) is 5.10 Å². The molecule has 196 valence electrons. The molecule has 2 aliphatic rings. The Balaban J connectivity index is 1.20. The van der Waals surface area contributed by atoms with Crippen LogP contribution < -0.4 is 21.3 Å². The number of thiocarbonyl (C=S) groups is 1. The molecule has 2 saturated heterocycles. The molecule has 0 radical (unpaired) electrons. The lowest BCUT2D eigenvalue weighted by Crippen LogP contribution is -2.43. The van der Waals surface area contributed by atoms with Crippen molar-refractivity contribution >= 4 is 40.3 Å². The van der Waals surface area contributed by atoms with Crippen molar-refractivity contribution in [1.29, 1.82) is 0 Å². The summed E-state index contributed by atoms with van der Waals surface area (Å²) in [6, 6.07) is 11.2. The summed E-state index contributed by atoms with van der Waals surface area (Å²) in [5.74, 6) is 1.22. The number of carbonyl (C=O) groups is 1.